The molecule has 3 aromatic rings. The fourth-order valence-corrected chi connectivity index (χ4v) is 6.45. The van der Waals surface area contributed by atoms with Crippen molar-refractivity contribution in [1.82, 2.24) is 14.5 Å². The monoisotopic (exact) mass is 549 g/mol. The van der Waals surface area contributed by atoms with Gasteiger partial charge in [-0.05, 0) is 42.3 Å². The van der Waals surface area contributed by atoms with Gasteiger partial charge in [-0.15, -0.1) is 0 Å². The van der Waals surface area contributed by atoms with Crippen LogP contribution >= 0.6 is 0 Å². The molecular weight excluding hydrogens is 519 g/mol. The summed E-state index contributed by atoms with van der Waals surface area (Å²) in [7, 11) is 0.340. The maximum absolute atomic E-state index is 15.5. The number of sulfonamides is 1. The number of hydrogen-bond donors (Lipinski definition) is 1. The average Bonchev–Trinajstić information content (AvgIpc) is 2.86. The molecule has 1 saturated heterocycles. The highest BCUT2D eigenvalue weighted by molar-refractivity contribution is 7.89. The van der Waals surface area contributed by atoms with Crippen molar-refractivity contribution in [2.75, 3.05) is 27.0 Å². The van der Waals surface area contributed by atoms with Crippen LogP contribution in [0.15, 0.2) is 60.7 Å². The van der Waals surface area contributed by atoms with Crippen molar-refractivity contribution < 1.29 is 31.1 Å². The Morgan fingerprint density at radius 1 is 0.921 bits per heavy atom. The van der Waals surface area contributed by atoms with Crippen LogP contribution in [0.25, 0.3) is 0 Å². The first kappa shape index (κ1) is 27.9. The summed E-state index contributed by atoms with van der Waals surface area (Å²) >= 11 is 0. The molecule has 1 fully saturated rings. The molecule has 0 spiro atoms. The van der Waals surface area contributed by atoms with Crippen LogP contribution in [0.4, 0.5) is 13.2 Å². The van der Waals surface area contributed by atoms with E-state index in [0.29, 0.717) is 23.6 Å². The third kappa shape index (κ3) is 5.37. The molecule has 1 aliphatic heterocycles. The fraction of sp³-hybridized carbons (Fsp3) is 0.333. The molecule has 0 aliphatic carbocycles. The number of nitrogens with zero attached hydrogens (tertiary/aromatic N) is 2. The summed E-state index contributed by atoms with van der Waals surface area (Å²) in [5, 5.41) is 3.16. The van der Waals surface area contributed by atoms with Crippen molar-refractivity contribution in [1.29, 1.82) is 0 Å². The predicted octanol–water partition coefficient (Wildman–Crippen LogP) is 4.19. The highest BCUT2D eigenvalue weighted by Crippen LogP contribution is 2.40. The van der Waals surface area contributed by atoms with E-state index in [9.17, 15) is 12.8 Å². The first-order chi connectivity index (χ1) is 18.0. The zero-order chi connectivity index (χ0) is 27.7. The van der Waals surface area contributed by atoms with E-state index in [1.807, 2.05) is 0 Å². The Kier molecular flexibility index (Phi) is 8.03. The number of hydrogen-bond acceptors (Lipinski definition) is 6. The molecule has 1 aliphatic rings. The van der Waals surface area contributed by atoms with Crippen LogP contribution in [0.3, 0.4) is 0 Å². The van der Waals surface area contributed by atoms with E-state index in [4.69, 9.17) is 9.47 Å². The quantitative estimate of drug-likeness (QED) is 0.455. The van der Waals surface area contributed by atoms with E-state index >= 15 is 8.78 Å². The summed E-state index contributed by atoms with van der Waals surface area (Å²) in [6.45, 7) is 1.77. The van der Waals surface area contributed by atoms with Crippen LogP contribution in [0.2, 0.25) is 0 Å². The van der Waals surface area contributed by atoms with Crippen LogP contribution in [0.1, 0.15) is 23.6 Å². The molecule has 38 heavy (non-hydrogen) atoms. The van der Waals surface area contributed by atoms with Gasteiger partial charge >= 0.3 is 0 Å². The van der Waals surface area contributed by atoms with Gasteiger partial charge in [0, 0.05) is 38.3 Å². The minimum Gasteiger partial charge on any atom is -0.497 e. The van der Waals surface area contributed by atoms with Gasteiger partial charge in [-0.1, -0.05) is 24.3 Å². The van der Waals surface area contributed by atoms with Gasteiger partial charge in [0.2, 0.25) is 10.0 Å². The van der Waals surface area contributed by atoms with Crippen LogP contribution in [-0.2, 0) is 28.9 Å². The lowest BCUT2D eigenvalue weighted by Crippen LogP contribution is -2.72. The number of ether oxygens (including phenoxy) is 2. The summed E-state index contributed by atoms with van der Waals surface area (Å²) < 4.78 is 83.2. The third-order valence-corrected chi connectivity index (χ3v) is 8.68. The molecule has 0 amide bonds. The summed E-state index contributed by atoms with van der Waals surface area (Å²) in [5.74, 6) is -4.60. The molecule has 0 saturated carbocycles. The second kappa shape index (κ2) is 10.9. The van der Waals surface area contributed by atoms with Crippen LogP contribution in [0.5, 0.6) is 11.5 Å². The lowest BCUT2D eigenvalue weighted by atomic mass is 10.00. The van der Waals surface area contributed by atoms with E-state index in [1.165, 1.54) is 21.3 Å². The zero-order valence-electron chi connectivity index (χ0n) is 21.5. The Morgan fingerprint density at radius 2 is 1.37 bits per heavy atom. The van der Waals surface area contributed by atoms with E-state index in [-0.39, 0.29) is 18.8 Å². The standard InChI is InChI=1S/C27H30F3N3O4S/c1-18-17-38(34,35)32(2)27(31-18,26-24(29)13-21(28)14-25(26)30)33(15-19-5-9-22(36-3)10-6-19)16-20-7-11-23(37-4)12-8-20/h5-14,18,31H,15-17H2,1-4H3. The summed E-state index contributed by atoms with van der Waals surface area (Å²) in [4.78, 5) is 1.63. The largest absolute Gasteiger partial charge is 0.497 e. The van der Waals surface area contributed by atoms with Crippen LogP contribution < -0.4 is 14.8 Å². The van der Waals surface area contributed by atoms with Crippen LogP contribution in [0, 0.1) is 17.5 Å². The average molecular weight is 550 g/mol. The number of benzene rings is 3. The Balaban J connectivity index is 1.95. The normalized spacial score (nSPS) is 21.4. The molecule has 1 heterocycles. The van der Waals surface area contributed by atoms with E-state index in [0.717, 1.165) is 15.4 Å². The van der Waals surface area contributed by atoms with Gasteiger partial charge in [0.15, 0.2) is 5.79 Å². The second-order valence-corrected chi connectivity index (χ2v) is 11.3. The van der Waals surface area contributed by atoms with Crippen molar-refractivity contribution in [2.24, 2.45) is 0 Å². The zero-order valence-corrected chi connectivity index (χ0v) is 22.4. The maximum Gasteiger partial charge on any atom is 0.218 e. The Labute approximate surface area is 220 Å². The van der Waals surface area contributed by atoms with Gasteiger partial charge in [0.25, 0.3) is 0 Å². The number of rotatable bonds is 8. The number of nitrogens with one attached hydrogen (secondary N) is 1. The first-order valence-electron chi connectivity index (χ1n) is 11.9. The second-order valence-electron chi connectivity index (χ2n) is 9.26. The molecule has 4 rings (SSSR count). The molecule has 0 aromatic heterocycles. The van der Waals surface area contributed by atoms with E-state index < -0.39 is 44.9 Å². The minimum absolute atomic E-state index is 0.0753. The predicted molar refractivity (Wildman–Crippen MR) is 137 cm³/mol. The highest BCUT2D eigenvalue weighted by Gasteiger charge is 2.54. The van der Waals surface area contributed by atoms with Gasteiger partial charge in [0.05, 0.1) is 25.5 Å². The van der Waals surface area contributed by atoms with Crippen molar-refractivity contribution in [2.45, 2.75) is 31.8 Å². The fourth-order valence-electron chi connectivity index (χ4n) is 4.85. The molecule has 204 valence electrons. The third-order valence-electron chi connectivity index (χ3n) is 6.66. The van der Waals surface area contributed by atoms with Crippen molar-refractivity contribution in [3.8, 4) is 11.5 Å². The van der Waals surface area contributed by atoms with Crippen molar-refractivity contribution in [3.63, 3.8) is 0 Å². The molecule has 11 heteroatoms. The van der Waals surface area contributed by atoms with Crippen LogP contribution in [-0.4, -0.2) is 50.7 Å². The van der Waals surface area contributed by atoms with E-state index in [2.05, 4.69) is 5.32 Å². The molecule has 0 bridgehead atoms. The molecule has 2 unspecified atom stereocenters. The van der Waals surface area contributed by atoms with Gasteiger partial charge in [-0.2, -0.15) is 4.31 Å². The summed E-state index contributed by atoms with van der Waals surface area (Å²) in [6, 6.07) is 14.5. The van der Waals surface area contributed by atoms with Gasteiger partial charge in [-0.25, -0.2) is 21.6 Å². The molecule has 2 atom stereocenters. The Hall–Kier alpha value is -3.12. The molecular formula is C27H30F3N3O4S. The van der Waals surface area contributed by atoms with Gasteiger partial charge < -0.3 is 9.47 Å². The SMILES string of the molecule is COc1ccc(CN(Cc2ccc(OC)cc2)C2(c3c(F)cc(F)cc3F)NC(C)CS(=O)(=O)N2C)cc1. The van der Waals surface area contributed by atoms with E-state index in [1.54, 1.807) is 60.4 Å². The lowest BCUT2D eigenvalue weighted by molar-refractivity contribution is -0.0660. The number of halogens is 3. The van der Waals surface area contributed by atoms with Gasteiger partial charge in [0.1, 0.15) is 29.0 Å². The minimum atomic E-state index is -4.00. The van der Waals surface area contributed by atoms with Gasteiger partial charge in [-0.3, -0.25) is 10.2 Å². The highest BCUT2D eigenvalue weighted by atomic mass is 32.2. The summed E-state index contributed by atoms with van der Waals surface area (Å²) in [5.41, 5.74) is 0.846. The topological polar surface area (TPSA) is 71.1 Å². The lowest BCUT2D eigenvalue weighted by Gasteiger charge is -2.53. The smallest absolute Gasteiger partial charge is 0.218 e. The molecule has 0 radical (unpaired) electrons. The van der Waals surface area contributed by atoms with Crippen molar-refractivity contribution >= 4 is 10.0 Å². The Bertz CT molecular complexity index is 1320. The molecule has 7 nitrogen and oxygen atoms in total. The summed E-state index contributed by atoms with van der Waals surface area (Å²) in [6.07, 6.45) is 0. The molecule has 1 N–H and O–H groups in total. The first-order valence-corrected chi connectivity index (χ1v) is 13.5. The maximum atomic E-state index is 15.5. The Morgan fingerprint density at radius 3 is 1.79 bits per heavy atom. The molecule has 3 aromatic carbocycles. The van der Waals surface area contributed by atoms with Crippen molar-refractivity contribution in [3.05, 3.63) is 94.8 Å². The number of methoxy groups -OCH3 is 2.